The Kier molecular flexibility index (Phi) is 5.21. The van der Waals surface area contributed by atoms with Crippen molar-refractivity contribution < 1.29 is 4.79 Å². The van der Waals surface area contributed by atoms with Gasteiger partial charge < -0.3 is 10.2 Å². The number of fused-ring (bicyclic) bond motifs is 2. The molecule has 154 valence electrons. The number of nitrogens with one attached hydrogen (secondary N) is 1. The third kappa shape index (κ3) is 3.58. The van der Waals surface area contributed by atoms with Crippen LogP contribution in [0.15, 0.2) is 29.6 Å². The fourth-order valence-corrected chi connectivity index (χ4v) is 4.52. The molecule has 0 aliphatic carbocycles. The van der Waals surface area contributed by atoms with Gasteiger partial charge in [-0.25, -0.2) is 14.6 Å². The second-order valence-electron chi connectivity index (χ2n) is 7.06. The first-order valence-corrected chi connectivity index (χ1v) is 11.7. The molecule has 4 heterocycles. The summed E-state index contributed by atoms with van der Waals surface area (Å²) in [5.41, 5.74) is 2.92. The number of amides is 1. The molecule has 1 aliphatic rings. The average Bonchev–Trinajstić information content (AvgIpc) is 3.53. The second-order valence-corrected chi connectivity index (χ2v) is 8.36. The molecule has 4 aromatic rings. The van der Waals surface area contributed by atoms with E-state index >= 15 is 0 Å². The van der Waals surface area contributed by atoms with E-state index in [1.165, 1.54) is 24.6 Å². The van der Waals surface area contributed by atoms with E-state index in [0.717, 1.165) is 57.9 Å². The van der Waals surface area contributed by atoms with E-state index in [1.54, 1.807) is 12.1 Å². The number of nitrogens with zero attached hydrogens (tertiary/aromatic N) is 7. The first-order chi connectivity index (χ1) is 14.7. The van der Waals surface area contributed by atoms with Gasteiger partial charge in [0.1, 0.15) is 16.9 Å². The molecule has 0 radical (unpaired) electrons. The van der Waals surface area contributed by atoms with Gasteiger partial charge in [0, 0.05) is 25.2 Å². The fraction of sp³-hybridized carbons (Fsp3) is 0.368. The molecule has 1 aliphatic heterocycles. The molecule has 0 atom stereocenters. The van der Waals surface area contributed by atoms with Gasteiger partial charge in [-0.1, -0.05) is 11.8 Å². The molecule has 0 unspecified atom stereocenters. The fourth-order valence-electron chi connectivity index (χ4n) is 3.65. The number of benzene rings is 1. The van der Waals surface area contributed by atoms with Crippen LogP contribution in [0.2, 0.25) is 0 Å². The Balaban J connectivity index is 1.32. The number of rotatable bonds is 6. The number of carbonyl (C=O) groups is 1. The predicted octanol–water partition coefficient (Wildman–Crippen LogP) is 2.58. The second kappa shape index (κ2) is 8.15. The summed E-state index contributed by atoms with van der Waals surface area (Å²) in [5.74, 6) is 0.820. The van der Waals surface area contributed by atoms with Crippen LogP contribution in [0.1, 0.15) is 23.2 Å². The number of thioether (sulfide) groups is 1. The molecule has 0 bridgehead atoms. The molecule has 0 spiro atoms. The maximum atomic E-state index is 12.5. The zero-order chi connectivity index (χ0) is 20.5. The van der Waals surface area contributed by atoms with Crippen molar-refractivity contribution in [3.05, 3.63) is 30.0 Å². The Morgan fingerprint density at radius 1 is 1.20 bits per heavy atom. The summed E-state index contributed by atoms with van der Waals surface area (Å²) >= 11 is 2.67. The topological polar surface area (TPSA) is 102 Å². The number of hydrogen-bond acceptors (Lipinski definition) is 9. The highest BCUT2D eigenvalue weighted by Gasteiger charge is 2.20. The minimum Gasteiger partial charge on any atom is -0.356 e. The van der Waals surface area contributed by atoms with Gasteiger partial charge in [0.05, 0.1) is 29.9 Å². The van der Waals surface area contributed by atoms with E-state index in [1.807, 2.05) is 23.2 Å². The normalized spacial score (nSPS) is 14.1. The number of carbonyl (C=O) groups excluding carboxylic acids is 1. The summed E-state index contributed by atoms with van der Waals surface area (Å²) in [6, 6.07) is 5.34. The van der Waals surface area contributed by atoms with Crippen molar-refractivity contribution in [1.29, 1.82) is 0 Å². The van der Waals surface area contributed by atoms with Gasteiger partial charge in [0.15, 0.2) is 10.8 Å². The van der Waals surface area contributed by atoms with Crippen molar-refractivity contribution in [2.24, 2.45) is 0 Å². The molecule has 1 N–H and O–H groups in total. The van der Waals surface area contributed by atoms with E-state index in [2.05, 4.69) is 29.0 Å². The van der Waals surface area contributed by atoms with Crippen LogP contribution < -0.4 is 10.2 Å². The number of anilines is 1. The minimum atomic E-state index is -0.140. The van der Waals surface area contributed by atoms with Crippen molar-refractivity contribution in [2.75, 3.05) is 30.8 Å². The molecule has 1 aromatic carbocycles. The Labute approximate surface area is 181 Å². The Morgan fingerprint density at radius 3 is 2.87 bits per heavy atom. The van der Waals surface area contributed by atoms with E-state index < -0.39 is 0 Å². The highest BCUT2D eigenvalue weighted by atomic mass is 32.2. The summed E-state index contributed by atoms with van der Waals surface area (Å²) in [6.45, 7) is 3.00. The van der Waals surface area contributed by atoms with Crippen molar-refractivity contribution in [1.82, 2.24) is 33.8 Å². The molecule has 1 saturated heterocycles. The maximum absolute atomic E-state index is 12.5. The molecule has 1 fully saturated rings. The van der Waals surface area contributed by atoms with E-state index in [0.29, 0.717) is 18.7 Å². The van der Waals surface area contributed by atoms with E-state index in [-0.39, 0.29) is 5.91 Å². The van der Waals surface area contributed by atoms with Crippen LogP contribution >= 0.6 is 23.5 Å². The van der Waals surface area contributed by atoms with Crippen LogP contribution in [0.4, 0.5) is 5.82 Å². The zero-order valence-electron chi connectivity index (χ0n) is 16.4. The summed E-state index contributed by atoms with van der Waals surface area (Å²) < 4.78 is 10.2. The lowest BCUT2D eigenvalue weighted by Gasteiger charge is -2.17. The predicted molar refractivity (Wildman–Crippen MR) is 118 cm³/mol. The van der Waals surface area contributed by atoms with Crippen molar-refractivity contribution in [3.8, 4) is 0 Å². The van der Waals surface area contributed by atoms with Crippen molar-refractivity contribution in [3.63, 3.8) is 0 Å². The summed E-state index contributed by atoms with van der Waals surface area (Å²) in [4.78, 5) is 24.2. The van der Waals surface area contributed by atoms with Gasteiger partial charge >= 0.3 is 0 Å². The summed E-state index contributed by atoms with van der Waals surface area (Å²) in [7, 11) is 0. The molecule has 30 heavy (non-hydrogen) atoms. The van der Waals surface area contributed by atoms with Crippen LogP contribution in [0, 0.1) is 0 Å². The van der Waals surface area contributed by atoms with Crippen molar-refractivity contribution >= 4 is 57.3 Å². The van der Waals surface area contributed by atoms with Crippen LogP contribution in [-0.2, 0) is 6.54 Å². The van der Waals surface area contributed by atoms with Crippen molar-refractivity contribution in [2.45, 2.75) is 24.5 Å². The van der Waals surface area contributed by atoms with Crippen LogP contribution in [0.25, 0.3) is 22.1 Å². The lowest BCUT2D eigenvalue weighted by Crippen LogP contribution is -2.27. The van der Waals surface area contributed by atoms with Gasteiger partial charge in [0.2, 0.25) is 0 Å². The molecule has 5 rings (SSSR count). The standard InChI is InChI=1S/C19H20N8OS2/c1-29-19-22-16(26-7-2-3-8-26)13-11-21-27(17(13)23-19)9-6-20-18(28)12-4-5-14-15(10-12)25-30-24-14/h4-5,10-11H,2-3,6-9H2,1H3,(H,20,28). The quantitative estimate of drug-likeness (QED) is 0.361. The van der Waals surface area contributed by atoms with Gasteiger partial charge in [0.25, 0.3) is 5.91 Å². The smallest absolute Gasteiger partial charge is 0.251 e. The summed E-state index contributed by atoms with van der Waals surface area (Å²) in [6.07, 6.45) is 6.18. The van der Waals surface area contributed by atoms with E-state index in [9.17, 15) is 4.79 Å². The van der Waals surface area contributed by atoms with Gasteiger partial charge in [-0.05, 0) is 37.3 Å². The Bertz CT molecular complexity index is 1210. The summed E-state index contributed by atoms with van der Waals surface area (Å²) in [5, 5.41) is 9.17. The lowest BCUT2D eigenvalue weighted by atomic mass is 10.2. The SMILES string of the molecule is CSc1nc(N2CCCC2)c2cnn(CCNC(=O)c3ccc4nsnc4c3)c2n1. The monoisotopic (exact) mass is 440 g/mol. The first kappa shape index (κ1) is 19.2. The van der Waals surface area contributed by atoms with Crippen LogP contribution in [0.3, 0.4) is 0 Å². The maximum Gasteiger partial charge on any atom is 0.251 e. The minimum absolute atomic E-state index is 0.140. The number of hydrogen-bond donors (Lipinski definition) is 1. The van der Waals surface area contributed by atoms with Gasteiger partial charge in [-0.3, -0.25) is 4.79 Å². The molecular formula is C19H20N8OS2. The molecule has 1 amide bonds. The number of aromatic nitrogens is 6. The van der Waals surface area contributed by atoms with Crippen LogP contribution in [-0.4, -0.2) is 60.3 Å². The van der Waals surface area contributed by atoms with Gasteiger partial charge in [-0.15, -0.1) is 0 Å². The highest BCUT2D eigenvalue weighted by molar-refractivity contribution is 7.98. The molecule has 11 heteroatoms. The van der Waals surface area contributed by atoms with Crippen LogP contribution in [0.5, 0.6) is 0 Å². The zero-order valence-corrected chi connectivity index (χ0v) is 18.0. The molecule has 3 aromatic heterocycles. The third-order valence-electron chi connectivity index (χ3n) is 5.17. The first-order valence-electron chi connectivity index (χ1n) is 9.76. The Hall–Kier alpha value is -2.79. The highest BCUT2D eigenvalue weighted by Crippen LogP contribution is 2.28. The third-order valence-corrected chi connectivity index (χ3v) is 6.27. The van der Waals surface area contributed by atoms with E-state index in [4.69, 9.17) is 4.98 Å². The van der Waals surface area contributed by atoms with Gasteiger partial charge in [-0.2, -0.15) is 13.8 Å². The molecular weight excluding hydrogens is 420 g/mol. The Morgan fingerprint density at radius 2 is 2.03 bits per heavy atom. The lowest BCUT2D eigenvalue weighted by molar-refractivity contribution is 0.0952. The molecule has 0 saturated carbocycles. The molecule has 9 nitrogen and oxygen atoms in total. The average molecular weight is 441 g/mol. The largest absolute Gasteiger partial charge is 0.356 e.